The first-order valence-corrected chi connectivity index (χ1v) is 8.54. The third kappa shape index (κ3) is 3.81. The first-order chi connectivity index (χ1) is 8.87. The molecule has 19 heavy (non-hydrogen) atoms. The standard InChI is InChI=1S/C12H15ClN2O2S2/c13-11-7-9(1-2-10(11)12(14)18)15-8-3-5-19(16,17)6-4-8/h1-2,7-8,15H,3-6H2,(H2,14,18). The Bertz CT molecular complexity index is 588. The normalized spacial score (nSPS) is 19.0. The third-order valence-electron chi connectivity index (χ3n) is 3.16. The summed E-state index contributed by atoms with van der Waals surface area (Å²) in [7, 11) is -2.83. The van der Waals surface area contributed by atoms with Crippen LogP contribution in [0.5, 0.6) is 0 Å². The number of nitrogens with two attached hydrogens (primary N) is 1. The molecule has 4 nitrogen and oxygen atoms in total. The second-order valence-corrected chi connectivity index (χ2v) is 7.78. The van der Waals surface area contributed by atoms with Crippen LogP contribution in [0.15, 0.2) is 18.2 Å². The van der Waals surface area contributed by atoms with Crippen LogP contribution in [0.25, 0.3) is 0 Å². The van der Waals surface area contributed by atoms with Gasteiger partial charge in [0.1, 0.15) is 14.8 Å². The van der Waals surface area contributed by atoms with Gasteiger partial charge in [-0.3, -0.25) is 0 Å². The SMILES string of the molecule is NC(=S)c1ccc(NC2CCS(=O)(=O)CC2)cc1Cl. The molecule has 104 valence electrons. The molecule has 0 radical (unpaired) electrons. The highest BCUT2D eigenvalue weighted by atomic mass is 35.5. The molecule has 0 aromatic heterocycles. The van der Waals surface area contributed by atoms with Gasteiger partial charge in [0.15, 0.2) is 0 Å². The highest BCUT2D eigenvalue weighted by Crippen LogP contribution is 2.23. The van der Waals surface area contributed by atoms with Crippen molar-refractivity contribution in [3.05, 3.63) is 28.8 Å². The van der Waals surface area contributed by atoms with Gasteiger partial charge in [0, 0.05) is 17.3 Å². The third-order valence-corrected chi connectivity index (χ3v) is 5.41. The van der Waals surface area contributed by atoms with Crippen molar-refractivity contribution in [1.29, 1.82) is 0 Å². The van der Waals surface area contributed by atoms with Crippen molar-refractivity contribution in [2.75, 3.05) is 16.8 Å². The van der Waals surface area contributed by atoms with Crippen LogP contribution in [0.1, 0.15) is 18.4 Å². The highest BCUT2D eigenvalue weighted by molar-refractivity contribution is 7.91. The molecule has 0 unspecified atom stereocenters. The quantitative estimate of drug-likeness (QED) is 0.834. The molecule has 1 aliphatic rings. The number of halogens is 1. The van der Waals surface area contributed by atoms with Crippen LogP contribution in [0.4, 0.5) is 5.69 Å². The summed E-state index contributed by atoms with van der Waals surface area (Å²) in [5.41, 5.74) is 7.04. The first-order valence-electron chi connectivity index (χ1n) is 5.94. The topological polar surface area (TPSA) is 72.2 Å². The Hall–Kier alpha value is -0.850. The molecular formula is C12H15ClN2O2S2. The Morgan fingerprint density at radius 3 is 2.53 bits per heavy atom. The zero-order chi connectivity index (χ0) is 14.0. The summed E-state index contributed by atoms with van der Waals surface area (Å²) in [6.45, 7) is 0. The Morgan fingerprint density at radius 1 is 1.37 bits per heavy atom. The molecule has 1 aliphatic heterocycles. The van der Waals surface area contributed by atoms with Gasteiger partial charge in [0.05, 0.1) is 16.5 Å². The number of hydrogen-bond acceptors (Lipinski definition) is 4. The smallest absolute Gasteiger partial charge is 0.150 e. The van der Waals surface area contributed by atoms with Gasteiger partial charge in [-0.2, -0.15) is 0 Å². The average Bonchev–Trinajstić information content (AvgIpc) is 2.31. The minimum Gasteiger partial charge on any atom is -0.389 e. The monoisotopic (exact) mass is 318 g/mol. The molecule has 1 aromatic carbocycles. The fourth-order valence-electron chi connectivity index (χ4n) is 2.07. The van der Waals surface area contributed by atoms with Crippen molar-refractivity contribution in [1.82, 2.24) is 0 Å². The van der Waals surface area contributed by atoms with Crippen LogP contribution >= 0.6 is 23.8 Å². The lowest BCUT2D eigenvalue weighted by Gasteiger charge is -2.24. The molecule has 0 bridgehead atoms. The second-order valence-electron chi connectivity index (χ2n) is 4.63. The van der Waals surface area contributed by atoms with Crippen molar-refractivity contribution in [3.8, 4) is 0 Å². The summed E-state index contributed by atoms with van der Waals surface area (Å²) >= 11 is 11.0. The van der Waals surface area contributed by atoms with E-state index < -0.39 is 9.84 Å². The number of hydrogen-bond donors (Lipinski definition) is 2. The highest BCUT2D eigenvalue weighted by Gasteiger charge is 2.23. The summed E-state index contributed by atoms with van der Waals surface area (Å²) in [4.78, 5) is 0.264. The van der Waals surface area contributed by atoms with Crippen molar-refractivity contribution >= 4 is 44.3 Å². The summed E-state index contributed by atoms with van der Waals surface area (Å²) in [6, 6.07) is 5.55. The van der Waals surface area contributed by atoms with Crippen LogP contribution in [0, 0.1) is 0 Å². The van der Waals surface area contributed by atoms with E-state index in [1.165, 1.54) is 0 Å². The molecule has 1 fully saturated rings. The number of rotatable bonds is 3. The van der Waals surface area contributed by atoms with E-state index in [2.05, 4.69) is 5.32 Å². The van der Waals surface area contributed by atoms with Crippen molar-refractivity contribution in [2.24, 2.45) is 5.73 Å². The molecule has 0 amide bonds. The lowest BCUT2D eigenvalue weighted by molar-refractivity contribution is 0.559. The zero-order valence-corrected chi connectivity index (χ0v) is 12.6. The molecule has 3 N–H and O–H groups in total. The van der Waals surface area contributed by atoms with Crippen LogP contribution in [0.2, 0.25) is 5.02 Å². The van der Waals surface area contributed by atoms with Gasteiger partial charge in [0.2, 0.25) is 0 Å². The van der Waals surface area contributed by atoms with E-state index in [-0.39, 0.29) is 22.5 Å². The summed E-state index contributed by atoms with van der Waals surface area (Å²) in [5.74, 6) is 0.479. The summed E-state index contributed by atoms with van der Waals surface area (Å²) < 4.78 is 22.7. The molecule has 0 atom stereocenters. The van der Waals surface area contributed by atoms with Crippen LogP contribution in [0.3, 0.4) is 0 Å². The Morgan fingerprint density at radius 2 is 2.00 bits per heavy atom. The molecule has 1 aromatic rings. The maximum atomic E-state index is 11.3. The molecule has 0 spiro atoms. The Labute approximate surface area is 123 Å². The van der Waals surface area contributed by atoms with Crippen LogP contribution in [-0.4, -0.2) is 31.0 Å². The number of nitrogens with one attached hydrogen (secondary N) is 1. The van der Waals surface area contributed by atoms with E-state index in [9.17, 15) is 8.42 Å². The number of sulfone groups is 1. The molecule has 1 saturated heterocycles. The van der Waals surface area contributed by atoms with Crippen molar-refractivity contribution in [2.45, 2.75) is 18.9 Å². The van der Waals surface area contributed by atoms with Gasteiger partial charge < -0.3 is 11.1 Å². The van der Waals surface area contributed by atoms with Gasteiger partial charge >= 0.3 is 0 Å². The first kappa shape index (κ1) is 14.6. The fourth-order valence-corrected chi connectivity index (χ4v) is 4.08. The molecule has 7 heteroatoms. The molecule has 2 rings (SSSR count). The minimum absolute atomic E-state index is 0.162. The van der Waals surface area contributed by atoms with Crippen molar-refractivity contribution < 1.29 is 8.42 Å². The van der Waals surface area contributed by atoms with E-state index in [1.54, 1.807) is 12.1 Å². The zero-order valence-electron chi connectivity index (χ0n) is 10.2. The number of thiocarbonyl (C=S) groups is 1. The molecular weight excluding hydrogens is 304 g/mol. The maximum Gasteiger partial charge on any atom is 0.150 e. The van der Waals surface area contributed by atoms with Gasteiger partial charge in [-0.15, -0.1) is 0 Å². The lowest BCUT2D eigenvalue weighted by Crippen LogP contribution is -2.32. The van der Waals surface area contributed by atoms with E-state index in [4.69, 9.17) is 29.6 Å². The number of anilines is 1. The lowest BCUT2D eigenvalue weighted by atomic mass is 10.1. The molecule has 1 heterocycles. The second kappa shape index (κ2) is 5.64. The van der Waals surface area contributed by atoms with Gasteiger partial charge in [0.25, 0.3) is 0 Å². The number of benzene rings is 1. The van der Waals surface area contributed by atoms with Crippen LogP contribution in [-0.2, 0) is 9.84 Å². The Balaban J connectivity index is 2.04. The maximum absolute atomic E-state index is 11.3. The largest absolute Gasteiger partial charge is 0.389 e. The summed E-state index contributed by atoms with van der Waals surface area (Å²) in [6.07, 6.45) is 1.24. The fraction of sp³-hybridized carbons (Fsp3) is 0.417. The average molecular weight is 319 g/mol. The molecule has 0 saturated carbocycles. The minimum atomic E-state index is -2.83. The van der Waals surface area contributed by atoms with Gasteiger partial charge in [-0.1, -0.05) is 23.8 Å². The predicted molar refractivity (Wildman–Crippen MR) is 82.6 cm³/mol. The van der Waals surface area contributed by atoms with E-state index >= 15 is 0 Å². The summed E-state index contributed by atoms with van der Waals surface area (Å²) in [5, 5.41) is 3.79. The van der Waals surface area contributed by atoms with Gasteiger partial charge in [-0.25, -0.2) is 8.42 Å². The van der Waals surface area contributed by atoms with Gasteiger partial charge in [-0.05, 0) is 31.0 Å². The Kier molecular flexibility index (Phi) is 4.32. The molecule has 0 aliphatic carbocycles. The van der Waals surface area contributed by atoms with E-state index in [0.717, 1.165) is 5.69 Å². The van der Waals surface area contributed by atoms with Crippen LogP contribution < -0.4 is 11.1 Å². The van der Waals surface area contributed by atoms with E-state index in [1.807, 2.05) is 6.07 Å². The predicted octanol–water partition coefficient (Wildman–Crippen LogP) is 1.96. The van der Waals surface area contributed by atoms with E-state index in [0.29, 0.717) is 23.4 Å². The van der Waals surface area contributed by atoms with Crippen molar-refractivity contribution in [3.63, 3.8) is 0 Å².